The van der Waals surface area contributed by atoms with E-state index in [1.165, 1.54) is 0 Å². The average molecular weight is 256 g/mol. The molecule has 1 aliphatic rings. The molecule has 1 saturated heterocycles. The van der Waals surface area contributed by atoms with E-state index in [4.69, 9.17) is 4.98 Å². The fourth-order valence-electron chi connectivity index (χ4n) is 2.67. The largest absolute Gasteiger partial charge is 0.350 e. The number of hydrogen-bond donors (Lipinski definition) is 1. The summed E-state index contributed by atoms with van der Waals surface area (Å²) < 4.78 is 0. The highest BCUT2D eigenvalue weighted by Crippen LogP contribution is 2.23. The van der Waals surface area contributed by atoms with Crippen molar-refractivity contribution in [2.75, 3.05) is 18.0 Å². The van der Waals surface area contributed by atoms with Gasteiger partial charge in [-0.15, -0.1) is 0 Å². The molecule has 100 valence electrons. The molecule has 0 radical (unpaired) electrons. The minimum absolute atomic E-state index is 0.449. The normalized spacial score (nSPS) is 23.8. The zero-order valence-corrected chi connectivity index (χ0v) is 11.7. The lowest BCUT2D eigenvalue weighted by molar-refractivity contribution is 0.422. The molecule has 1 aromatic heterocycles. The summed E-state index contributed by atoms with van der Waals surface area (Å²) in [5.41, 5.74) is 2.96. The van der Waals surface area contributed by atoms with Gasteiger partial charge in [0.25, 0.3) is 0 Å². The van der Waals surface area contributed by atoms with Crippen LogP contribution in [0, 0.1) is 6.92 Å². The standard InChI is InChI=1S/C15H20N4/c1-10-9-19(11(2)8-16-10)15-12(3)17-13-6-4-5-7-14(13)18-15/h4-7,10-11,16H,8-9H2,1-3H3. The molecule has 0 spiro atoms. The maximum atomic E-state index is 4.82. The summed E-state index contributed by atoms with van der Waals surface area (Å²) in [5.74, 6) is 1.03. The molecule has 0 aliphatic carbocycles. The lowest BCUT2D eigenvalue weighted by atomic mass is 10.1. The third-order valence-electron chi connectivity index (χ3n) is 3.76. The molecule has 2 aromatic rings. The van der Waals surface area contributed by atoms with Crippen molar-refractivity contribution >= 4 is 16.9 Å². The first-order valence-corrected chi connectivity index (χ1v) is 6.88. The van der Waals surface area contributed by atoms with Gasteiger partial charge in [0.2, 0.25) is 0 Å². The number of para-hydroxylation sites is 2. The monoisotopic (exact) mass is 256 g/mol. The second-order valence-corrected chi connectivity index (χ2v) is 5.43. The predicted octanol–water partition coefficient (Wildman–Crippen LogP) is 2.12. The van der Waals surface area contributed by atoms with Crippen LogP contribution in [0.4, 0.5) is 5.82 Å². The van der Waals surface area contributed by atoms with Crippen molar-refractivity contribution in [3.63, 3.8) is 0 Å². The van der Waals surface area contributed by atoms with E-state index < -0.39 is 0 Å². The van der Waals surface area contributed by atoms with Crippen LogP contribution in [0.5, 0.6) is 0 Å². The van der Waals surface area contributed by atoms with Gasteiger partial charge >= 0.3 is 0 Å². The number of aromatic nitrogens is 2. The fraction of sp³-hybridized carbons (Fsp3) is 0.467. The van der Waals surface area contributed by atoms with Gasteiger partial charge in [-0.2, -0.15) is 0 Å². The van der Waals surface area contributed by atoms with Gasteiger partial charge in [0.15, 0.2) is 5.82 Å². The van der Waals surface area contributed by atoms with Gasteiger partial charge in [-0.3, -0.25) is 0 Å². The summed E-state index contributed by atoms with van der Waals surface area (Å²) in [4.78, 5) is 11.9. The maximum absolute atomic E-state index is 4.82. The lowest BCUT2D eigenvalue weighted by Gasteiger charge is -2.38. The van der Waals surface area contributed by atoms with Crippen LogP contribution >= 0.6 is 0 Å². The average Bonchev–Trinajstić information content (AvgIpc) is 2.41. The quantitative estimate of drug-likeness (QED) is 0.848. The first-order chi connectivity index (χ1) is 9.15. The third-order valence-corrected chi connectivity index (χ3v) is 3.76. The van der Waals surface area contributed by atoms with Crippen molar-refractivity contribution in [3.05, 3.63) is 30.0 Å². The van der Waals surface area contributed by atoms with Crippen molar-refractivity contribution in [2.24, 2.45) is 0 Å². The Bertz CT molecular complexity index is 596. The van der Waals surface area contributed by atoms with E-state index in [0.717, 1.165) is 35.6 Å². The second kappa shape index (κ2) is 4.78. The zero-order chi connectivity index (χ0) is 13.4. The maximum Gasteiger partial charge on any atom is 0.151 e. The Labute approximate surface area is 113 Å². The molecule has 0 saturated carbocycles. The van der Waals surface area contributed by atoms with Crippen molar-refractivity contribution in [2.45, 2.75) is 32.9 Å². The van der Waals surface area contributed by atoms with Crippen LogP contribution in [0.15, 0.2) is 24.3 Å². The van der Waals surface area contributed by atoms with Crippen LogP contribution in [-0.4, -0.2) is 35.1 Å². The van der Waals surface area contributed by atoms with E-state index in [-0.39, 0.29) is 0 Å². The number of benzene rings is 1. The van der Waals surface area contributed by atoms with Crippen molar-refractivity contribution in [1.29, 1.82) is 0 Å². The van der Waals surface area contributed by atoms with Gasteiger partial charge < -0.3 is 10.2 Å². The molecule has 0 amide bonds. The minimum Gasteiger partial charge on any atom is -0.350 e. The highest BCUT2D eigenvalue weighted by molar-refractivity contribution is 5.76. The van der Waals surface area contributed by atoms with Gasteiger partial charge in [-0.25, -0.2) is 9.97 Å². The smallest absolute Gasteiger partial charge is 0.151 e. The number of hydrogen-bond acceptors (Lipinski definition) is 4. The highest BCUT2D eigenvalue weighted by atomic mass is 15.3. The number of fused-ring (bicyclic) bond motifs is 1. The number of nitrogens with zero attached hydrogens (tertiary/aromatic N) is 3. The van der Waals surface area contributed by atoms with E-state index >= 15 is 0 Å². The van der Waals surface area contributed by atoms with Gasteiger partial charge in [0.1, 0.15) is 0 Å². The van der Waals surface area contributed by atoms with E-state index in [1.54, 1.807) is 0 Å². The van der Waals surface area contributed by atoms with Gasteiger partial charge in [0.05, 0.1) is 16.7 Å². The van der Waals surface area contributed by atoms with Crippen LogP contribution in [0.25, 0.3) is 11.0 Å². The molecule has 4 nitrogen and oxygen atoms in total. The summed E-state index contributed by atoms with van der Waals surface area (Å²) in [5, 5.41) is 3.50. The number of aryl methyl sites for hydroxylation is 1. The summed E-state index contributed by atoms with van der Waals surface area (Å²) in [6, 6.07) is 9.00. The van der Waals surface area contributed by atoms with E-state index in [9.17, 15) is 0 Å². The second-order valence-electron chi connectivity index (χ2n) is 5.43. The molecular weight excluding hydrogens is 236 g/mol. The van der Waals surface area contributed by atoms with Crippen LogP contribution in [0.3, 0.4) is 0 Å². The molecule has 0 bridgehead atoms. The molecule has 1 aromatic carbocycles. The zero-order valence-electron chi connectivity index (χ0n) is 11.7. The van der Waals surface area contributed by atoms with Gasteiger partial charge in [-0.05, 0) is 32.9 Å². The van der Waals surface area contributed by atoms with Gasteiger partial charge in [0, 0.05) is 25.2 Å². The fourth-order valence-corrected chi connectivity index (χ4v) is 2.67. The van der Waals surface area contributed by atoms with Crippen molar-refractivity contribution < 1.29 is 0 Å². The molecule has 1 N–H and O–H groups in total. The molecule has 4 heteroatoms. The highest BCUT2D eigenvalue weighted by Gasteiger charge is 2.25. The Balaban J connectivity index is 2.06. The van der Waals surface area contributed by atoms with E-state index in [2.05, 4.69) is 29.0 Å². The van der Waals surface area contributed by atoms with Crippen LogP contribution in [0.1, 0.15) is 19.5 Å². The van der Waals surface area contributed by atoms with Crippen LogP contribution in [0.2, 0.25) is 0 Å². The SMILES string of the molecule is Cc1nc2ccccc2nc1N1CC(C)NCC1C. The van der Waals surface area contributed by atoms with Crippen molar-refractivity contribution in [3.8, 4) is 0 Å². The summed E-state index contributed by atoms with van der Waals surface area (Å²) in [6.45, 7) is 8.47. The van der Waals surface area contributed by atoms with E-state index in [0.29, 0.717) is 12.1 Å². The first kappa shape index (κ1) is 12.4. The van der Waals surface area contributed by atoms with Crippen molar-refractivity contribution in [1.82, 2.24) is 15.3 Å². The first-order valence-electron chi connectivity index (χ1n) is 6.88. The van der Waals surface area contributed by atoms with E-state index in [1.807, 2.05) is 31.2 Å². The number of nitrogens with one attached hydrogen (secondary N) is 1. The Hall–Kier alpha value is -1.68. The third kappa shape index (κ3) is 2.28. The van der Waals surface area contributed by atoms with Gasteiger partial charge in [-0.1, -0.05) is 12.1 Å². The Morgan fingerprint density at radius 3 is 2.58 bits per heavy atom. The summed E-state index contributed by atoms with van der Waals surface area (Å²) >= 11 is 0. The number of anilines is 1. The minimum atomic E-state index is 0.449. The Kier molecular flexibility index (Phi) is 3.11. The van der Waals surface area contributed by atoms with Crippen LogP contribution < -0.4 is 10.2 Å². The Morgan fingerprint density at radius 1 is 1.16 bits per heavy atom. The summed E-state index contributed by atoms with van der Waals surface area (Å²) in [7, 11) is 0. The number of rotatable bonds is 1. The molecule has 2 heterocycles. The number of piperazine rings is 1. The van der Waals surface area contributed by atoms with Crippen LogP contribution in [-0.2, 0) is 0 Å². The Morgan fingerprint density at radius 2 is 1.84 bits per heavy atom. The lowest BCUT2D eigenvalue weighted by Crippen LogP contribution is -2.55. The molecule has 2 atom stereocenters. The summed E-state index contributed by atoms with van der Waals surface area (Å²) in [6.07, 6.45) is 0. The molecule has 1 fully saturated rings. The molecule has 2 unspecified atom stereocenters. The molecule has 1 aliphatic heterocycles. The molecular formula is C15H20N4. The molecule has 19 heavy (non-hydrogen) atoms. The predicted molar refractivity (Wildman–Crippen MR) is 78.5 cm³/mol. The molecule has 3 rings (SSSR count). The topological polar surface area (TPSA) is 41.1 Å².